The second kappa shape index (κ2) is 6.48. The summed E-state index contributed by atoms with van der Waals surface area (Å²) in [7, 11) is 0. The van der Waals surface area contributed by atoms with Gasteiger partial charge in [0.2, 0.25) is 0 Å². The molecule has 0 atom stereocenters. The molecule has 0 heterocycles. The molecule has 0 aromatic heterocycles. The number of halogens is 1. The van der Waals surface area contributed by atoms with Crippen LogP contribution in [0.4, 0.5) is 10.1 Å². The molecule has 2 nitrogen and oxygen atoms in total. The Labute approximate surface area is 124 Å². The zero-order chi connectivity index (χ0) is 14.5. The molecule has 104 valence electrons. The summed E-state index contributed by atoms with van der Waals surface area (Å²) in [5, 5.41) is 0. The van der Waals surface area contributed by atoms with Gasteiger partial charge in [-0.05, 0) is 30.7 Å². The highest BCUT2D eigenvalue weighted by molar-refractivity contribution is 7.80. The highest BCUT2D eigenvalue weighted by Gasteiger charge is 2.10. The lowest BCUT2D eigenvalue weighted by Crippen LogP contribution is -2.23. The van der Waals surface area contributed by atoms with Gasteiger partial charge in [0.1, 0.15) is 10.8 Å². The van der Waals surface area contributed by atoms with Crippen LogP contribution >= 0.6 is 12.2 Å². The molecule has 0 fully saturated rings. The van der Waals surface area contributed by atoms with E-state index in [4.69, 9.17) is 18.0 Å². The molecule has 0 amide bonds. The van der Waals surface area contributed by atoms with Gasteiger partial charge < -0.3 is 10.6 Å². The fraction of sp³-hybridized carbons (Fsp3) is 0.188. The predicted molar refractivity (Wildman–Crippen MR) is 85.5 cm³/mol. The van der Waals surface area contributed by atoms with Crippen LogP contribution in [0.1, 0.15) is 18.1 Å². The zero-order valence-corrected chi connectivity index (χ0v) is 12.2. The number of nitrogens with zero attached hydrogens (tertiary/aromatic N) is 1. The van der Waals surface area contributed by atoms with Crippen LogP contribution in [-0.4, -0.2) is 11.5 Å². The second-order valence-electron chi connectivity index (χ2n) is 4.53. The van der Waals surface area contributed by atoms with Crippen molar-refractivity contribution in [2.45, 2.75) is 13.5 Å². The molecule has 2 rings (SSSR count). The summed E-state index contributed by atoms with van der Waals surface area (Å²) < 4.78 is 13.9. The van der Waals surface area contributed by atoms with Gasteiger partial charge in [0, 0.05) is 18.7 Å². The first-order chi connectivity index (χ1) is 9.61. The Kier molecular flexibility index (Phi) is 4.69. The molecular weight excluding hydrogens is 271 g/mol. The molecular formula is C16H17FN2S. The van der Waals surface area contributed by atoms with Crippen LogP contribution in [0.3, 0.4) is 0 Å². The van der Waals surface area contributed by atoms with Crippen LogP contribution in [0.25, 0.3) is 0 Å². The van der Waals surface area contributed by atoms with Crippen LogP contribution in [0.2, 0.25) is 0 Å². The Hall–Kier alpha value is -1.94. The molecule has 0 bridgehead atoms. The third kappa shape index (κ3) is 3.33. The van der Waals surface area contributed by atoms with E-state index in [0.717, 1.165) is 17.7 Å². The summed E-state index contributed by atoms with van der Waals surface area (Å²) in [6.07, 6.45) is 0. The lowest BCUT2D eigenvalue weighted by molar-refractivity contribution is 0.618. The highest BCUT2D eigenvalue weighted by Crippen LogP contribution is 2.21. The van der Waals surface area contributed by atoms with Crippen molar-refractivity contribution in [3.8, 4) is 0 Å². The highest BCUT2D eigenvalue weighted by atomic mass is 32.1. The Bertz CT molecular complexity index is 613. The molecule has 0 aliphatic rings. The smallest absolute Gasteiger partial charge is 0.146 e. The van der Waals surface area contributed by atoms with E-state index in [1.165, 1.54) is 6.07 Å². The van der Waals surface area contributed by atoms with E-state index in [9.17, 15) is 4.39 Å². The first kappa shape index (κ1) is 14.5. The summed E-state index contributed by atoms with van der Waals surface area (Å²) in [6, 6.07) is 14.5. The Morgan fingerprint density at radius 1 is 1.20 bits per heavy atom. The lowest BCUT2D eigenvalue weighted by atomic mass is 10.1. The SMILES string of the molecule is CCN(Cc1cccc(C(N)=S)c1)c1ccccc1F. The molecule has 0 radical (unpaired) electrons. The van der Waals surface area contributed by atoms with E-state index in [1.54, 1.807) is 12.1 Å². The number of anilines is 1. The number of benzene rings is 2. The van der Waals surface area contributed by atoms with E-state index in [2.05, 4.69) is 0 Å². The van der Waals surface area contributed by atoms with Gasteiger partial charge in [-0.15, -0.1) is 0 Å². The van der Waals surface area contributed by atoms with Gasteiger partial charge in [0.25, 0.3) is 0 Å². The van der Waals surface area contributed by atoms with E-state index >= 15 is 0 Å². The van der Waals surface area contributed by atoms with Crippen molar-refractivity contribution in [2.24, 2.45) is 5.73 Å². The van der Waals surface area contributed by atoms with Crippen LogP contribution in [-0.2, 0) is 6.54 Å². The standard InChI is InChI=1S/C16H17FN2S/c1-2-19(15-9-4-3-8-14(15)17)11-12-6-5-7-13(10-12)16(18)20/h3-10H,2,11H2,1H3,(H2,18,20). The number of hydrogen-bond acceptors (Lipinski definition) is 2. The number of nitrogens with two attached hydrogens (primary N) is 1. The van der Waals surface area contributed by atoms with Crippen molar-refractivity contribution in [2.75, 3.05) is 11.4 Å². The fourth-order valence-corrected chi connectivity index (χ4v) is 2.25. The number of para-hydroxylation sites is 1. The van der Waals surface area contributed by atoms with Crippen molar-refractivity contribution < 1.29 is 4.39 Å². The van der Waals surface area contributed by atoms with Crippen LogP contribution in [0.15, 0.2) is 48.5 Å². The average Bonchev–Trinajstić information content (AvgIpc) is 2.46. The number of hydrogen-bond donors (Lipinski definition) is 1. The van der Waals surface area contributed by atoms with Crippen molar-refractivity contribution in [1.29, 1.82) is 0 Å². The third-order valence-corrected chi connectivity index (χ3v) is 3.40. The molecule has 2 aromatic carbocycles. The summed E-state index contributed by atoms with van der Waals surface area (Å²) >= 11 is 4.98. The van der Waals surface area contributed by atoms with Crippen molar-refractivity contribution in [1.82, 2.24) is 0 Å². The lowest BCUT2D eigenvalue weighted by Gasteiger charge is -2.24. The maximum Gasteiger partial charge on any atom is 0.146 e. The molecule has 0 aliphatic heterocycles. The van der Waals surface area contributed by atoms with E-state index in [1.807, 2.05) is 42.2 Å². The third-order valence-electron chi connectivity index (χ3n) is 3.16. The Morgan fingerprint density at radius 3 is 2.60 bits per heavy atom. The first-order valence-corrected chi connectivity index (χ1v) is 6.91. The molecule has 0 spiro atoms. The minimum Gasteiger partial charge on any atom is -0.389 e. The zero-order valence-electron chi connectivity index (χ0n) is 11.3. The minimum absolute atomic E-state index is 0.208. The maximum atomic E-state index is 13.9. The van der Waals surface area contributed by atoms with Gasteiger partial charge in [-0.3, -0.25) is 0 Å². The molecule has 0 unspecified atom stereocenters. The van der Waals surface area contributed by atoms with Gasteiger partial charge in [-0.1, -0.05) is 42.5 Å². The second-order valence-corrected chi connectivity index (χ2v) is 4.97. The maximum absolute atomic E-state index is 13.9. The molecule has 0 saturated heterocycles. The van der Waals surface area contributed by atoms with Crippen molar-refractivity contribution in [3.05, 3.63) is 65.5 Å². The molecule has 4 heteroatoms. The Morgan fingerprint density at radius 2 is 1.95 bits per heavy atom. The van der Waals surface area contributed by atoms with Crippen LogP contribution < -0.4 is 10.6 Å². The fourth-order valence-electron chi connectivity index (χ4n) is 2.12. The monoisotopic (exact) mass is 288 g/mol. The average molecular weight is 288 g/mol. The van der Waals surface area contributed by atoms with Crippen LogP contribution in [0, 0.1) is 5.82 Å². The van der Waals surface area contributed by atoms with Gasteiger partial charge >= 0.3 is 0 Å². The molecule has 0 saturated carbocycles. The van der Waals surface area contributed by atoms with Gasteiger partial charge in [-0.2, -0.15) is 0 Å². The normalized spacial score (nSPS) is 10.3. The minimum atomic E-state index is -0.208. The summed E-state index contributed by atoms with van der Waals surface area (Å²) in [5.41, 5.74) is 8.14. The molecule has 0 aliphatic carbocycles. The van der Waals surface area contributed by atoms with Crippen molar-refractivity contribution in [3.63, 3.8) is 0 Å². The number of thiocarbonyl (C=S) groups is 1. The topological polar surface area (TPSA) is 29.3 Å². The van der Waals surface area contributed by atoms with Gasteiger partial charge in [-0.25, -0.2) is 4.39 Å². The van der Waals surface area contributed by atoms with Gasteiger partial charge in [0.15, 0.2) is 0 Å². The first-order valence-electron chi connectivity index (χ1n) is 6.50. The van der Waals surface area contributed by atoms with E-state index in [0.29, 0.717) is 17.2 Å². The van der Waals surface area contributed by atoms with E-state index < -0.39 is 0 Å². The van der Waals surface area contributed by atoms with Crippen molar-refractivity contribution >= 4 is 22.9 Å². The Balaban J connectivity index is 2.25. The number of rotatable bonds is 5. The molecule has 2 aromatic rings. The summed E-state index contributed by atoms with van der Waals surface area (Å²) in [6.45, 7) is 3.34. The summed E-state index contributed by atoms with van der Waals surface area (Å²) in [5.74, 6) is -0.208. The summed E-state index contributed by atoms with van der Waals surface area (Å²) in [4.78, 5) is 2.36. The largest absolute Gasteiger partial charge is 0.389 e. The van der Waals surface area contributed by atoms with E-state index in [-0.39, 0.29) is 5.82 Å². The quantitative estimate of drug-likeness (QED) is 0.854. The molecule has 2 N–H and O–H groups in total. The molecule has 20 heavy (non-hydrogen) atoms. The predicted octanol–water partition coefficient (Wildman–Crippen LogP) is 3.49. The van der Waals surface area contributed by atoms with Crippen LogP contribution in [0.5, 0.6) is 0 Å². The van der Waals surface area contributed by atoms with Gasteiger partial charge in [0.05, 0.1) is 5.69 Å².